The van der Waals surface area contributed by atoms with E-state index in [0.717, 1.165) is 5.56 Å². The molecule has 0 saturated carbocycles. The second-order valence-electron chi connectivity index (χ2n) is 5.91. The van der Waals surface area contributed by atoms with Crippen LogP contribution in [0.15, 0.2) is 30.3 Å². The highest BCUT2D eigenvalue weighted by Crippen LogP contribution is 2.30. The summed E-state index contributed by atoms with van der Waals surface area (Å²) in [5.74, 6) is -0.625. The Morgan fingerprint density at radius 1 is 1.40 bits per heavy atom. The monoisotopic (exact) mass is 274 g/mol. The second-order valence-corrected chi connectivity index (χ2v) is 5.91. The molecule has 0 aromatic heterocycles. The Morgan fingerprint density at radius 3 is 2.55 bits per heavy atom. The first kappa shape index (κ1) is 15.0. The van der Waals surface area contributed by atoms with Gasteiger partial charge in [-0.2, -0.15) is 5.26 Å². The van der Waals surface area contributed by atoms with Crippen LogP contribution in [-0.4, -0.2) is 24.0 Å². The molecule has 0 amide bonds. The van der Waals surface area contributed by atoms with Gasteiger partial charge in [-0.05, 0) is 33.3 Å². The Labute approximate surface area is 120 Å². The van der Waals surface area contributed by atoms with E-state index >= 15 is 0 Å². The molecule has 2 rings (SSSR count). The van der Waals surface area contributed by atoms with Crippen molar-refractivity contribution in [3.05, 3.63) is 35.9 Å². The van der Waals surface area contributed by atoms with Gasteiger partial charge < -0.3 is 9.47 Å². The molecule has 0 bridgehead atoms. The highest BCUT2D eigenvalue weighted by atomic mass is 16.7. The molecule has 1 heterocycles. The maximum absolute atomic E-state index is 9.56. The quantitative estimate of drug-likeness (QED) is 0.917. The minimum absolute atomic E-state index is 0.0631. The van der Waals surface area contributed by atoms with Crippen molar-refractivity contribution in [2.75, 3.05) is 6.61 Å². The zero-order valence-corrected chi connectivity index (χ0v) is 12.5. The first-order valence-electron chi connectivity index (χ1n) is 6.92. The van der Waals surface area contributed by atoms with Crippen molar-refractivity contribution in [2.45, 2.75) is 51.2 Å². The first-order chi connectivity index (χ1) is 9.36. The van der Waals surface area contributed by atoms with E-state index in [9.17, 15) is 5.26 Å². The van der Waals surface area contributed by atoms with E-state index in [1.807, 2.05) is 58.0 Å². The van der Waals surface area contributed by atoms with E-state index in [-0.39, 0.29) is 12.1 Å². The lowest BCUT2D eigenvalue weighted by atomic mass is 9.94. The van der Waals surface area contributed by atoms with Crippen molar-refractivity contribution >= 4 is 0 Å². The Kier molecular flexibility index (Phi) is 4.14. The van der Waals surface area contributed by atoms with Crippen LogP contribution in [0.4, 0.5) is 0 Å². The average Bonchev–Trinajstić information content (AvgIpc) is 2.80. The van der Waals surface area contributed by atoms with E-state index in [0.29, 0.717) is 6.61 Å². The smallest absolute Gasteiger partial charge is 0.163 e. The van der Waals surface area contributed by atoms with Crippen molar-refractivity contribution in [1.82, 2.24) is 5.32 Å². The maximum Gasteiger partial charge on any atom is 0.163 e. The third-order valence-electron chi connectivity index (χ3n) is 3.70. The van der Waals surface area contributed by atoms with Crippen LogP contribution in [0.25, 0.3) is 0 Å². The van der Waals surface area contributed by atoms with E-state index in [1.165, 1.54) is 0 Å². The molecule has 1 aliphatic rings. The van der Waals surface area contributed by atoms with Gasteiger partial charge >= 0.3 is 0 Å². The van der Waals surface area contributed by atoms with E-state index in [4.69, 9.17) is 9.47 Å². The molecular formula is C16H22N2O2. The topological polar surface area (TPSA) is 54.3 Å². The van der Waals surface area contributed by atoms with Crippen LogP contribution < -0.4 is 5.32 Å². The lowest BCUT2D eigenvalue weighted by molar-refractivity contribution is -0.144. The third kappa shape index (κ3) is 3.18. The molecule has 0 aliphatic carbocycles. The van der Waals surface area contributed by atoms with Crippen LogP contribution in [0.5, 0.6) is 0 Å². The van der Waals surface area contributed by atoms with Crippen LogP contribution in [0.2, 0.25) is 0 Å². The molecule has 4 nitrogen and oxygen atoms in total. The van der Waals surface area contributed by atoms with Crippen molar-refractivity contribution in [3.8, 4) is 6.07 Å². The summed E-state index contributed by atoms with van der Waals surface area (Å²) in [6.07, 6.45) is -0.284. The van der Waals surface area contributed by atoms with E-state index in [1.54, 1.807) is 0 Å². The number of ether oxygens (including phenoxy) is 2. The highest BCUT2D eigenvalue weighted by Gasteiger charge is 2.45. The van der Waals surface area contributed by atoms with Gasteiger partial charge in [0.25, 0.3) is 0 Å². The number of benzene rings is 1. The molecule has 4 heteroatoms. The van der Waals surface area contributed by atoms with Crippen LogP contribution in [0.3, 0.4) is 0 Å². The Morgan fingerprint density at radius 2 is 2.05 bits per heavy atom. The summed E-state index contributed by atoms with van der Waals surface area (Å²) < 4.78 is 11.4. The van der Waals surface area contributed by atoms with Crippen molar-refractivity contribution in [1.29, 1.82) is 5.26 Å². The molecule has 0 unspecified atom stereocenters. The van der Waals surface area contributed by atoms with Gasteiger partial charge in [0.05, 0.1) is 12.7 Å². The van der Waals surface area contributed by atoms with Gasteiger partial charge in [0.2, 0.25) is 0 Å². The van der Waals surface area contributed by atoms with Gasteiger partial charge in [0.15, 0.2) is 5.79 Å². The van der Waals surface area contributed by atoms with Gasteiger partial charge in [-0.1, -0.05) is 30.3 Å². The predicted octanol–water partition coefficient (Wildman–Crippen LogP) is 2.77. The summed E-state index contributed by atoms with van der Waals surface area (Å²) in [4.78, 5) is 0. The number of nitrogens with one attached hydrogen (secondary N) is 1. The van der Waals surface area contributed by atoms with Crippen molar-refractivity contribution in [3.63, 3.8) is 0 Å². The number of nitriles is 1. The highest BCUT2D eigenvalue weighted by molar-refractivity contribution is 5.21. The fourth-order valence-corrected chi connectivity index (χ4v) is 2.44. The maximum atomic E-state index is 9.56. The summed E-state index contributed by atoms with van der Waals surface area (Å²) in [6, 6.07) is 12.5. The molecule has 1 aliphatic heterocycles. The summed E-state index contributed by atoms with van der Waals surface area (Å²) in [6.45, 7) is 8.07. The number of nitrogens with zero attached hydrogens (tertiary/aromatic N) is 1. The standard InChI is InChI=1S/C16H22N2O2/c1-12(13-8-6-5-7-9-13)18-16(4,11-17)14-10-19-15(2,3)20-14/h5-9,12,14,18H,10H2,1-4H3/t12-,14+,16-/m0/s1. The summed E-state index contributed by atoms with van der Waals surface area (Å²) >= 11 is 0. The van der Waals surface area contributed by atoms with Gasteiger partial charge in [-0.15, -0.1) is 0 Å². The predicted molar refractivity (Wildman–Crippen MR) is 76.9 cm³/mol. The molecule has 20 heavy (non-hydrogen) atoms. The van der Waals surface area contributed by atoms with Crippen molar-refractivity contribution in [2.24, 2.45) is 0 Å². The zero-order valence-electron chi connectivity index (χ0n) is 12.5. The number of hydrogen-bond acceptors (Lipinski definition) is 4. The molecule has 1 aromatic carbocycles. The van der Waals surface area contributed by atoms with Crippen LogP contribution >= 0.6 is 0 Å². The van der Waals surface area contributed by atoms with E-state index < -0.39 is 11.3 Å². The largest absolute Gasteiger partial charge is 0.348 e. The number of rotatable bonds is 4. The minimum atomic E-state index is -0.789. The van der Waals surface area contributed by atoms with Crippen molar-refractivity contribution < 1.29 is 9.47 Å². The lowest BCUT2D eigenvalue weighted by Crippen LogP contribution is -2.53. The fourth-order valence-electron chi connectivity index (χ4n) is 2.44. The second kappa shape index (κ2) is 5.53. The third-order valence-corrected chi connectivity index (χ3v) is 3.70. The van der Waals surface area contributed by atoms with Crippen LogP contribution in [0, 0.1) is 11.3 Å². The summed E-state index contributed by atoms with van der Waals surface area (Å²) in [7, 11) is 0. The molecule has 108 valence electrons. The molecular weight excluding hydrogens is 252 g/mol. The Bertz CT molecular complexity index is 495. The minimum Gasteiger partial charge on any atom is -0.348 e. The molecule has 1 aromatic rings. The van der Waals surface area contributed by atoms with Gasteiger partial charge in [-0.3, -0.25) is 5.32 Å². The summed E-state index contributed by atoms with van der Waals surface area (Å²) in [5.41, 5.74) is 0.357. The first-order valence-corrected chi connectivity index (χ1v) is 6.92. The fraction of sp³-hybridized carbons (Fsp3) is 0.562. The normalized spacial score (nSPS) is 25.6. The van der Waals surface area contributed by atoms with Crippen LogP contribution in [0.1, 0.15) is 39.3 Å². The number of hydrogen-bond donors (Lipinski definition) is 1. The SMILES string of the molecule is C[C@H](N[C@@](C)(C#N)[C@H]1COC(C)(C)O1)c1ccccc1. The van der Waals surface area contributed by atoms with Gasteiger partial charge in [0, 0.05) is 6.04 Å². The Hall–Kier alpha value is -1.41. The molecule has 1 saturated heterocycles. The molecule has 0 spiro atoms. The molecule has 1 N–H and O–H groups in total. The molecule has 1 fully saturated rings. The van der Waals surface area contributed by atoms with Crippen LogP contribution in [-0.2, 0) is 9.47 Å². The molecule has 0 radical (unpaired) electrons. The summed E-state index contributed by atoms with van der Waals surface area (Å²) in [5, 5.41) is 12.9. The Balaban J connectivity index is 2.11. The van der Waals surface area contributed by atoms with Gasteiger partial charge in [0.1, 0.15) is 11.6 Å². The lowest BCUT2D eigenvalue weighted by Gasteiger charge is -2.32. The molecule has 3 atom stereocenters. The van der Waals surface area contributed by atoms with Gasteiger partial charge in [-0.25, -0.2) is 0 Å². The van der Waals surface area contributed by atoms with E-state index in [2.05, 4.69) is 11.4 Å². The zero-order chi connectivity index (χ0) is 14.8. The average molecular weight is 274 g/mol.